The van der Waals surface area contributed by atoms with E-state index < -0.39 is 0 Å². The van der Waals surface area contributed by atoms with Gasteiger partial charge in [-0.25, -0.2) is 0 Å². The molecule has 2 aliphatic carbocycles. The van der Waals surface area contributed by atoms with Gasteiger partial charge in [-0.1, -0.05) is 30.4 Å². The van der Waals surface area contributed by atoms with Crippen molar-refractivity contribution in [3.05, 3.63) is 47.1 Å². The lowest BCUT2D eigenvalue weighted by Gasteiger charge is -2.13. The molecule has 0 aromatic rings. The van der Waals surface area contributed by atoms with Crippen LogP contribution in [0.15, 0.2) is 47.1 Å². The fourth-order valence-electron chi connectivity index (χ4n) is 2.01. The van der Waals surface area contributed by atoms with Gasteiger partial charge in [-0.05, 0) is 38.2 Å². The average Bonchev–Trinajstić information content (AvgIpc) is 2.30. The number of hydrogen-bond donors (Lipinski definition) is 0. The van der Waals surface area contributed by atoms with E-state index in [0.29, 0.717) is 0 Å². The molecular formula is C14H16O. The van der Waals surface area contributed by atoms with E-state index in [9.17, 15) is 4.79 Å². The normalized spacial score (nSPS) is 20.5. The highest BCUT2D eigenvalue weighted by atomic mass is 16.1. The maximum absolute atomic E-state index is 12.1. The van der Waals surface area contributed by atoms with E-state index in [1.165, 1.54) is 0 Å². The number of carbonyl (C=O) groups is 1. The zero-order valence-electron chi connectivity index (χ0n) is 9.12. The van der Waals surface area contributed by atoms with Crippen LogP contribution in [0, 0.1) is 0 Å². The molecule has 78 valence electrons. The van der Waals surface area contributed by atoms with Crippen LogP contribution in [0.3, 0.4) is 0 Å². The van der Waals surface area contributed by atoms with Gasteiger partial charge in [0, 0.05) is 11.1 Å². The molecule has 0 saturated heterocycles. The Hall–Kier alpha value is -1.37. The standard InChI is InChI=1S/C14H16O/c1-11-7-5-6-10-13(11)14(15)12-8-3-2-4-9-12/h3,7-10H,2,4-6H2,1H3. The Morgan fingerprint density at radius 3 is 2.47 bits per heavy atom. The van der Waals surface area contributed by atoms with E-state index in [2.05, 4.69) is 18.2 Å². The molecule has 0 bridgehead atoms. The predicted molar refractivity (Wildman–Crippen MR) is 62.5 cm³/mol. The molecule has 0 saturated carbocycles. The molecule has 0 unspecified atom stereocenters. The molecule has 0 fully saturated rings. The summed E-state index contributed by atoms with van der Waals surface area (Å²) in [5.74, 6) is 0.194. The van der Waals surface area contributed by atoms with Gasteiger partial charge in [0.05, 0.1) is 0 Å². The first-order valence-corrected chi connectivity index (χ1v) is 5.58. The number of rotatable bonds is 2. The van der Waals surface area contributed by atoms with Crippen molar-refractivity contribution < 1.29 is 4.79 Å². The van der Waals surface area contributed by atoms with Gasteiger partial charge < -0.3 is 0 Å². The molecule has 0 N–H and O–H groups in total. The van der Waals surface area contributed by atoms with Gasteiger partial charge in [-0.2, -0.15) is 0 Å². The van der Waals surface area contributed by atoms with Gasteiger partial charge in [0.2, 0.25) is 0 Å². The minimum atomic E-state index is 0.194. The quantitative estimate of drug-likeness (QED) is 0.666. The molecule has 15 heavy (non-hydrogen) atoms. The average molecular weight is 200 g/mol. The molecule has 1 nitrogen and oxygen atoms in total. The lowest BCUT2D eigenvalue weighted by molar-refractivity contribution is -0.111. The second-order valence-electron chi connectivity index (χ2n) is 4.05. The van der Waals surface area contributed by atoms with E-state index in [1.807, 2.05) is 19.1 Å². The monoisotopic (exact) mass is 200 g/mol. The zero-order chi connectivity index (χ0) is 10.7. The summed E-state index contributed by atoms with van der Waals surface area (Å²) in [5, 5.41) is 0. The van der Waals surface area contributed by atoms with Crippen LogP contribution in [0.1, 0.15) is 32.6 Å². The summed E-state index contributed by atoms with van der Waals surface area (Å²) in [7, 11) is 0. The summed E-state index contributed by atoms with van der Waals surface area (Å²) >= 11 is 0. The lowest BCUT2D eigenvalue weighted by atomic mass is 9.90. The summed E-state index contributed by atoms with van der Waals surface area (Å²) in [6.07, 6.45) is 14.4. The van der Waals surface area contributed by atoms with Crippen molar-refractivity contribution in [2.75, 3.05) is 0 Å². The van der Waals surface area contributed by atoms with Gasteiger partial charge in [0.25, 0.3) is 0 Å². The van der Waals surface area contributed by atoms with Gasteiger partial charge in [0.1, 0.15) is 0 Å². The molecular weight excluding hydrogens is 184 g/mol. The third-order valence-corrected chi connectivity index (χ3v) is 2.89. The molecule has 0 aromatic carbocycles. The first kappa shape index (κ1) is 10.2. The molecule has 0 aromatic heterocycles. The predicted octanol–water partition coefficient (Wildman–Crippen LogP) is 3.50. The van der Waals surface area contributed by atoms with Crippen LogP contribution in [0.5, 0.6) is 0 Å². The molecule has 2 rings (SSSR count). The minimum absolute atomic E-state index is 0.194. The van der Waals surface area contributed by atoms with Crippen LogP contribution in [0.4, 0.5) is 0 Å². The van der Waals surface area contributed by atoms with Gasteiger partial charge in [0.15, 0.2) is 5.78 Å². The lowest BCUT2D eigenvalue weighted by Crippen LogP contribution is -2.09. The highest BCUT2D eigenvalue weighted by molar-refractivity contribution is 6.12. The maximum Gasteiger partial charge on any atom is 0.192 e. The molecule has 0 aliphatic heterocycles. The first-order chi connectivity index (χ1) is 7.29. The number of allylic oxidation sites excluding steroid dienone is 8. The second kappa shape index (κ2) is 4.43. The van der Waals surface area contributed by atoms with Crippen LogP contribution in [-0.2, 0) is 4.79 Å². The third-order valence-electron chi connectivity index (χ3n) is 2.89. The van der Waals surface area contributed by atoms with E-state index in [0.717, 1.165) is 42.4 Å². The third kappa shape index (κ3) is 2.17. The van der Waals surface area contributed by atoms with Crippen molar-refractivity contribution in [3.63, 3.8) is 0 Å². The molecule has 0 amide bonds. The van der Waals surface area contributed by atoms with Crippen molar-refractivity contribution in [3.8, 4) is 0 Å². The summed E-state index contributed by atoms with van der Waals surface area (Å²) in [5.41, 5.74) is 2.90. The number of ketones is 1. The topological polar surface area (TPSA) is 17.1 Å². The molecule has 0 radical (unpaired) electrons. The van der Waals surface area contributed by atoms with E-state index in [1.54, 1.807) is 0 Å². The Morgan fingerprint density at radius 2 is 1.80 bits per heavy atom. The smallest absolute Gasteiger partial charge is 0.192 e. The van der Waals surface area contributed by atoms with Crippen LogP contribution >= 0.6 is 0 Å². The second-order valence-corrected chi connectivity index (χ2v) is 4.05. The molecule has 0 heterocycles. The van der Waals surface area contributed by atoms with Crippen molar-refractivity contribution in [2.45, 2.75) is 32.6 Å². The van der Waals surface area contributed by atoms with E-state index in [4.69, 9.17) is 0 Å². The van der Waals surface area contributed by atoms with E-state index in [-0.39, 0.29) is 5.78 Å². The summed E-state index contributed by atoms with van der Waals surface area (Å²) in [6, 6.07) is 0. The Labute approximate surface area is 90.9 Å². The van der Waals surface area contributed by atoms with Crippen LogP contribution in [0.25, 0.3) is 0 Å². The summed E-state index contributed by atoms with van der Waals surface area (Å²) in [6.45, 7) is 2.02. The Morgan fingerprint density at radius 1 is 1.07 bits per heavy atom. The Kier molecular flexibility index (Phi) is 3.00. The Balaban J connectivity index is 2.21. The highest BCUT2D eigenvalue weighted by Crippen LogP contribution is 2.23. The Bertz CT molecular complexity index is 392. The van der Waals surface area contributed by atoms with Gasteiger partial charge >= 0.3 is 0 Å². The van der Waals surface area contributed by atoms with Gasteiger partial charge in [-0.3, -0.25) is 4.79 Å². The summed E-state index contributed by atoms with van der Waals surface area (Å²) < 4.78 is 0. The maximum atomic E-state index is 12.1. The van der Waals surface area contributed by atoms with Crippen molar-refractivity contribution in [1.29, 1.82) is 0 Å². The SMILES string of the molecule is CC1=CCCC=C1C(=O)C1=CCCC=C1. The fourth-order valence-corrected chi connectivity index (χ4v) is 2.01. The van der Waals surface area contributed by atoms with Gasteiger partial charge in [-0.15, -0.1) is 0 Å². The highest BCUT2D eigenvalue weighted by Gasteiger charge is 2.16. The van der Waals surface area contributed by atoms with Crippen LogP contribution in [0.2, 0.25) is 0 Å². The molecule has 0 spiro atoms. The number of Topliss-reactive ketones (excluding diaryl/α,β-unsaturated/α-hetero) is 1. The van der Waals surface area contributed by atoms with Crippen molar-refractivity contribution in [1.82, 2.24) is 0 Å². The molecule has 2 aliphatic rings. The summed E-state index contributed by atoms with van der Waals surface area (Å²) in [4.78, 5) is 12.1. The molecule has 1 heteroatoms. The first-order valence-electron chi connectivity index (χ1n) is 5.58. The number of hydrogen-bond acceptors (Lipinski definition) is 1. The zero-order valence-corrected chi connectivity index (χ0v) is 9.12. The van der Waals surface area contributed by atoms with Crippen molar-refractivity contribution >= 4 is 5.78 Å². The van der Waals surface area contributed by atoms with Crippen molar-refractivity contribution in [2.24, 2.45) is 0 Å². The van der Waals surface area contributed by atoms with Crippen LogP contribution in [-0.4, -0.2) is 5.78 Å². The largest absolute Gasteiger partial charge is 0.289 e. The van der Waals surface area contributed by atoms with E-state index >= 15 is 0 Å². The number of carbonyl (C=O) groups excluding carboxylic acids is 1. The minimum Gasteiger partial charge on any atom is -0.289 e. The fraction of sp³-hybridized carbons (Fsp3) is 0.357. The molecule has 0 atom stereocenters. The van der Waals surface area contributed by atoms with Crippen LogP contribution < -0.4 is 0 Å².